The molecule has 1 aromatic carbocycles. The zero-order chi connectivity index (χ0) is 17.5. The van der Waals surface area contributed by atoms with Crippen LogP contribution in [0, 0.1) is 17.6 Å². The molecule has 0 bridgehead atoms. The highest BCUT2D eigenvalue weighted by atomic mass is 127. The van der Waals surface area contributed by atoms with Gasteiger partial charge in [-0.05, 0) is 50.6 Å². The van der Waals surface area contributed by atoms with E-state index in [1.54, 1.807) is 6.07 Å². The quantitative estimate of drug-likeness (QED) is 0.385. The van der Waals surface area contributed by atoms with E-state index in [1.807, 2.05) is 13.8 Å². The van der Waals surface area contributed by atoms with Crippen LogP contribution in [-0.4, -0.2) is 50.6 Å². The predicted octanol–water partition coefficient (Wildman–Crippen LogP) is 3.19. The van der Waals surface area contributed by atoms with Gasteiger partial charge in [-0.15, -0.1) is 24.0 Å². The molecular weight excluding hydrogens is 437 g/mol. The Hall–Kier alpha value is -0.960. The highest BCUT2D eigenvalue weighted by Gasteiger charge is 2.19. The SMILES string of the molecule is CCNC(=NCC(C)c1ccc(F)c(F)c1)NCC1CCN(C)C1.I. The fourth-order valence-corrected chi connectivity index (χ4v) is 2.93. The number of nitrogens with zero attached hydrogens (tertiary/aromatic N) is 2. The summed E-state index contributed by atoms with van der Waals surface area (Å²) in [5.74, 6) is -0.179. The summed E-state index contributed by atoms with van der Waals surface area (Å²) in [4.78, 5) is 6.92. The number of halogens is 3. The van der Waals surface area contributed by atoms with Crippen molar-refractivity contribution in [1.29, 1.82) is 0 Å². The summed E-state index contributed by atoms with van der Waals surface area (Å²) in [5.41, 5.74) is 0.755. The lowest BCUT2D eigenvalue weighted by Crippen LogP contribution is -2.40. The second-order valence-electron chi connectivity index (χ2n) is 6.59. The lowest BCUT2D eigenvalue weighted by atomic mass is 10.0. The van der Waals surface area contributed by atoms with Gasteiger partial charge in [-0.3, -0.25) is 4.99 Å². The number of rotatable bonds is 6. The Kier molecular flexibility index (Phi) is 9.63. The Morgan fingerprint density at radius 1 is 1.32 bits per heavy atom. The number of hydrogen-bond acceptors (Lipinski definition) is 2. The smallest absolute Gasteiger partial charge is 0.191 e. The van der Waals surface area contributed by atoms with Gasteiger partial charge in [0, 0.05) is 32.1 Å². The predicted molar refractivity (Wildman–Crippen MR) is 110 cm³/mol. The van der Waals surface area contributed by atoms with E-state index in [-0.39, 0.29) is 29.9 Å². The lowest BCUT2D eigenvalue weighted by Gasteiger charge is -2.16. The van der Waals surface area contributed by atoms with Crippen molar-refractivity contribution in [3.05, 3.63) is 35.4 Å². The van der Waals surface area contributed by atoms with E-state index in [1.165, 1.54) is 18.6 Å². The maximum atomic E-state index is 13.3. The molecule has 2 rings (SSSR count). The van der Waals surface area contributed by atoms with Gasteiger partial charge in [-0.25, -0.2) is 8.78 Å². The molecule has 1 heterocycles. The van der Waals surface area contributed by atoms with Crippen LogP contribution in [0.5, 0.6) is 0 Å². The third-order valence-corrected chi connectivity index (χ3v) is 4.43. The first-order valence-corrected chi connectivity index (χ1v) is 8.65. The summed E-state index contributed by atoms with van der Waals surface area (Å²) in [6.45, 7) is 8.45. The van der Waals surface area contributed by atoms with Gasteiger partial charge in [0.05, 0.1) is 0 Å². The Labute approximate surface area is 166 Å². The second kappa shape index (κ2) is 10.9. The highest BCUT2D eigenvalue weighted by Crippen LogP contribution is 2.18. The molecule has 2 unspecified atom stereocenters. The minimum Gasteiger partial charge on any atom is -0.357 e. The first-order valence-electron chi connectivity index (χ1n) is 8.65. The van der Waals surface area contributed by atoms with Crippen LogP contribution in [0.3, 0.4) is 0 Å². The van der Waals surface area contributed by atoms with Crippen molar-refractivity contribution in [3.63, 3.8) is 0 Å². The van der Waals surface area contributed by atoms with Crippen LogP contribution in [0.15, 0.2) is 23.2 Å². The molecule has 25 heavy (non-hydrogen) atoms. The molecule has 0 saturated carbocycles. The van der Waals surface area contributed by atoms with Gasteiger partial charge in [-0.1, -0.05) is 13.0 Å². The maximum Gasteiger partial charge on any atom is 0.191 e. The van der Waals surface area contributed by atoms with Gasteiger partial charge in [0.25, 0.3) is 0 Å². The molecule has 0 radical (unpaired) electrons. The normalized spacial score (nSPS) is 19.4. The molecule has 1 aliphatic rings. The van der Waals surface area contributed by atoms with Gasteiger partial charge in [0.2, 0.25) is 0 Å². The van der Waals surface area contributed by atoms with E-state index in [2.05, 4.69) is 27.6 Å². The van der Waals surface area contributed by atoms with Gasteiger partial charge in [0.1, 0.15) is 0 Å². The minimum absolute atomic E-state index is 0. The molecule has 7 heteroatoms. The average molecular weight is 466 g/mol. The average Bonchev–Trinajstić information content (AvgIpc) is 2.98. The van der Waals surface area contributed by atoms with Gasteiger partial charge in [0.15, 0.2) is 17.6 Å². The maximum absolute atomic E-state index is 13.3. The van der Waals surface area contributed by atoms with E-state index in [4.69, 9.17) is 0 Å². The van der Waals surface area contributed by atoms with Crippen LogP contribution in [-0.2, 0) is 0 Å². The summed E-state index contributed by atoms with van der Waals surface area (Å²) in [7, 11) is 2.14. The second-order valence-corrected chi connectivity index (χ2v) is 6.59. The Morgan fingerprint density at radius 3 is 2.68 bits per heavy atom. The molecule has 4 nitrogen and oxygen atoms in total. The summed E-state index contributed by atoms with van der Waals surface area (Å²) in [6, 6.07) is 4.04. The van der Waals surface area contributed by atoms with Crippen LogP contribution < -0.4 is 10.6 Å². The van der Waals surface area contributed by atoms with E-state index in [0.717, 1.165) is 37.7 Å². The lowest BCUT2D eigenvalue weighted by molar-refractivity contribution is 0.394. The number of benzene rings is 1. The summed E-state index contributed by atoms with van der Waals surface area (Å²) in [5, 5.41) is 6.62. The molecule has 1 aliphatic heterocycles. The zero-order valence-corrected chi connectivity index (χ0v) is 17.5. The van der Waals surface area contributed by atoms with Crippen LogP contribution in [0.4, 0.5) is 8.78 Å². The van der Waals surface area contributed by atoms with E-state index < -0.39 is 11.6 Å². The standard InChI is InChI=1S/C18H28F2N4.HI/c1-4-21-18(23-11-14-7-8-24(3)12-14)22-10-13(2)15-5-6-16(19)17(20)9-15;/h5-6,9,13-14H,4,7-8,10-12H2,1-3H3,(H2,21,22,23);1H. The summed E-state index contributed by atoms with van der Waals surface area (Å²) < 4.78 is 26.4. The first kappa shape index (κ1) is 22.1. The van der Waals surface area contributed by atoms with E-state index in [0.29, 0.717) is 12.5 Å². The Bertz CT molecular complexity index is 568. The molecule has 1 saturated heterocycles. The third-order valence-electron chi connectivity index (χ3n) is 4.43. The minimum atomic E-state index is -0.814. The van der Waals surface area contributed by atoms with Crippen molar-refractivity contribution in [2.75, 3.05) is 39.8 Å². The molecule has 2 N–H and O–H groups in total. The number of nitrogens with one attached hydrogen (secondary N) is 2. The van der Waals surface area contributed by atoms with Crippen molar-refractivity contribution in [3.8, 4) is 0 Å². The van der Waals surface area contributed by atoms with Crippen molar-refractivity contribution in [2.45, 2.75) is 26.2 Å². The molecule has 0 spiro atoms. The zero-order valence-electron chi connectivity index (χ0n) is 15.2. The van der Waals surface area contributed by atoms with Gasteiger partial charge in [-0.2, -0.15) is 0 Å². The van der Waals surface area contributed by atoms with Crippen molar-refractivity contribution >= 4 is 29.9 Å². The van der Waals surface area contributed by atoms with Gasteiger partial charge < -0.3 is 15.5 Å². The van der Waals surface area contributed by atoms with Crippen LogP contribution >= 0.6 is 24.0 Å². The van der Waals surface area contributed by atoms with Crippen molar-refractivity contribution < 1.29 is 8.78 Å². The Balaban J connectivity index is 0.00000312. The van der Waals surface area contributed by atoms with E-state index in [9.17, 15) is 8.78 Å². The largest absolute Gasteiger partial charge is 0.357 e. The van der Waals surface area contributed by atoms with Crippen LogP contribution in [0.25, 0.3) is 0 Å². The van der Waals surface area contributed by atoms with Crippen LogP contribution in [0.2, 0.25) is 0 Å². The highest BCUT2D eigenvalue weighted by molar-refractivity contribution is 14.0. The molecule has 1 aromatic rings. The number of aliphatic imine (C=N–C) groups is 1. The molecule has 1 fully saturated rings. The van der Waals surface area contributed by atoms with E-state index >= 15 is 0 Å². The van der Waals surface area contributed by atoms with Crippen LogP contribution in [0.1, 0.15) is 31.7 Å². The van der Waals surface area contributed by atoms with Crippen molar-refractivity contribution in [1.82, 2.24) is 15.5 Å². The summed E-state index contributed by atoms with van der Waals surface area (Å²) in [6.07, 6.45) is 1.20. The molecule has 0 aliphatic carbocycles. The molecule has 0 amide bonds. The number of hydrogen-bond donors (Lipinski definition) is 2. The molecule has 142 valence electrons. The summed E-state index contributed by atoms with van der Waals surface area (Å²) >= 11 is 0. The Morgan fingerprint density at radius 2 is 2.08 bits per heavy atom. The molecule has 2 atom stereocenters. The number of likely N-dealkylation sites (tertiary alicyclic amines) is 1. The fraction of sp³-hybridized carbons (Fsp3) is 0.611. The molecule has 0 aromatic heterocycles. The third kappa shape index (κ3) is 7.05. The fourth-order valence-electron chi connectivity index (χ4n) is 2.93. The topological polar surface area (TPSA) is 39.7 Å². The number of guanidine groups is 1. The monoisotopic (exact) mass is 466 g/mol. The first-order chi connectivity index (χ1) is 11.5. The van der Waals surface area contributed by atoms with Gasteiger partial charge >= 0.3 is 0 Å². The molecular formula is C18H29F2IN4. The van der Waals surface area contributed by atoms with Crippen molar-refractivity contribution in [2.24, 2.45) is 10.9 Å².